The summed E-state index contributed by atoms with van der Waals surface area (Å²) in [6, 6.07) is 0. The highest BCUT2D eigenvalue weighted by atomic mass is 35.5. The molecule has 0 amide bonds. The number of aliphatic hydroxyl groups is 2. The second-order valence-electron chi connectivity index (χ2n) is 9.43. The van der Waals surface area contributed by atoms with Crippen molar-refractivity contribution < 1.29 is 38.0 Å². The number of aliphatic hydroxyl groups excluding tert-OH is 2. The molecule has 2 aliphatic heterocycles. The Labute approximate surface area is 243 Å². The van der Waals surface area contributed by atoms with Crippen molar-refractivity contribution in [3.05, 3.63) is 28.3 Å². The molecule has 6 rings (SSSR count). The smallest absolute Gasteiger partial charge is 0.324 e. The molecule has 0 aromatic carbocycles. The van der Waals surface area contributed by atoms with Crippen molar-refractivity contribution in [3.8, 4) is 0 Å². The maximum absolute atomic E-state index is 15.1. The van der Waals surface area contributed by atoms with E-state index in [2.05, 4.69) is 29.9 Å². The van der Waals surface area contributed by atoms with Gasteiger partial charge < -0.3 is 45.1 Å². The van der Waals surface area contributed by atoms with E-state index in [-0.39, 0.29) is 45.8 Å². The number of nitrogens with one attached hydrogen (secondary N) is 1. The van der Waals surface area contributed by atoms with Gasteiger partial charge in [-0.15, -0.1) is 0 Å². The lowest BCUT2D eigenvalue weighted by Gasteiger charge is -2.24. The number of hydrogen-bond donors (Lipinski definition) is 6. The van der Waals surface area contributed by atoms with E-state index in [4.69, 9.17) is 53.4 Å². The number of hydrogen-bond acceptors (Lipinski definition) is 15. The number of rotatable bonds is 8. The maximum atomic E-state index is 15.1. The molecule has 2 fully saturated rings. The van der Waals surface area contributed by atoms with Gasteiger partial charge in [-0.2, -0.15) is 15.0 Å². The van der Waals surface area contributed by atoms with Crippen LogP contribution in [-0.2, 0) is 30.3 Å². The fraction of sp³-hybridized carbons (Fsp3) is 0.500. The topological polar surface area (TPSA) is 257 Å². The lowest BCUT2D eigenvalue weighted by atomic mass is 10.1. The Hall–Kier alpha value is -2.91. The molecule has 0 spiro atoms. The van der Waals surface area contributed by atoms with Gasteiger partial charge in [0.15, 0.2) is 35.0 Å². The van der Waals surface area contributed by atoms with Gasteiger partial charge >= 0.3 is 6.72 Å². The van der Waals surface area contributed by atoms with Crippen LogP contribution in [0.5, 0.6) is 0 Å². The zero-order chi connectivity index (χ0) is 29.9. The Morgan fingerprint density at radius 2 is 1.88 bits per heavy atom. The summed E-state index contributed by atoms with van der Waals surface area (Å²) in [5.74, 6) is -0.153. The number of nitrogens with two attached hydrogens (primary N) is 2. The van der Waals surface area contributed by atoms with Crippen molar-refractivity contribution >= 4 is 64.2 Å². The highest BCUT2D eigenvalue weighted by molar-refractivity contribution is 8.07. The van der Waals surface area contributed by atoms with E-state index >= 15 is 4.39 Å². The normalized spacial score (nSPS) is 29.5. The van der Waals surface area contributed by atoms with E-state index < -0.39 is 68.5 Å². The number of nitrogen functional groups attached to an aromatic ring is 2. The van der Waals surface area contributed by atoms with Crippen LogP contribution in [0.25, 0.3) is 22.3 Å². The molecule has 0 saturated carbocycles. The van der Waals surface area contributed by atoms with Crippen LogP contribution in [0.3, 0.4) is 0 Å². The molecule has 2 aliphatic rings. The first-order valence-corrected chi connectivity index (χ1v) is 15.2. The minimum absolute atomic E-state index is 0.0544. The molecule has 226 valence electrons. The summed E-state index contributed by atoms with van der Waals surface area (Å²) >= 11 is 11.1. The predicted octanol–water partition coefficient (Wildman–Crippen LogP) is -0.728. The number of ether oxygens (including phenoxy) is 2. The van der Waals surface area contributed by atoms with Gasteiger partial charge in [0.25, 0.3) is 5.56 Å². The lowest BCUT2D eigenvalue weighted by Crippen LogP contribution is -2.32. The van der Waals surface area contributed by atoms with Crippen LogP contribution in [0.2, 0.25) is 5.28 Å². The van der Waals surface area contributed by atoms with Crippen LogP contribution in [0, 0.1) is 0 Å². The number of imidazole rings is 2. The molecule has 3 unspecified atom stereocenters. The Morgan fingerprint density at radius 1 is 1.17 bits per heavy atom. The van der Waals surface area contributed by atoms with Crippen LogP contribution in [-0.4, -0.2) is 97.9 Å². The van der Waals surface area contributed by atoms with Gasteiger partial charge in [-0.1, -0.05) is 0 Å². The summed E-state index contributed by atoms with van der Waals surface area (Å²) < 4.78 is 40.3. The minimum Gasteiger partial charge on any atom is -0.394 e. The zero-order valence-corrected chi connectivity index (χ0v) is 23.6. The average molecular weight is 649 g/mol. The van der Waals surface area contributed by atoms with Crippen LogP contribution in [0.4, 0.5) is 16.2 Å². The molecule has 0 aliphatic carbocycles. The first kappa shape index (κ1) is 29.2. The van der Waals surface area contributed by atoms with Gasteiger partial charge in [0.1, 0.15) is 30.1 Å². The molecule has 18 nitrogen and oxygen atoms in total. The second kappa shape index (κ2) is 11.0. The minimum atomic E-state index is -4.05. The molecule has 2 saturated heterocycles. The third-order valence-electron chi connectivity index (χ3n) is 6.78. The molecule has 42 heavy (non-hydrogen) atoms. The number of aromatic nitrogens is 8. The largest absolute Gasteiger partial charge is 0.394 e. The van der Waals surface area contributed by atoms with E-state index in [1.807, 2.05) is 0 Å². The number of anilines is 2. The van der Waals surface area contributed by atoms with Crippen LogP contribution >= 0.6 is 18.3 Å². The monoisotopic (exact) mass is 648 g/mol. The van der Waals surface area contributed by atoms with Gasteiger partial charge in [-0.25, -0.2) is 14.4 Å². The van der Waals surface area contributed by atoms with Crippen molar-refractivity contribution in [3.63, 3.8) is 0 Å². The molecule has 6 heterocycles. The first-order valence-electron chi connectivity index (χ1n) is 12.2. The second-order valence-corrected chi connectivity index (χ2v) is 12.6. The molecular weight excluding hydrogens is 626 g/mol. The summed E-state index contributed by atoms with van der Waals surface area (Å²) in [7, 11) is 0. The predicted molar refractivity (Wildman–Crippen MR) is 145 cm³/mol. The number of alkyl halides is 1. The molecule has 8 atom stereocenters. The summed E-state index contributed by atoms with van der Waals surface area (Å²) in [4.78, 5) is 45.1. The molecule has 4 aromatic rings. The highest BCUT2D eigenvalue weighted by Gasteiger charge is 2.47. The standard InChI is InChI=1S/C20H23ClFN10O8PS/c21-19-27-14(23)11-15(28-19)31(4-25-11)9-1-6(7(2-33)38-9)40-41(36,42)37-3-8-13(34)10(22)18(39-8)32-5-26-12-16(32)29-20(24)30-17(12)35/h4-10,13,18,33-34H,1-3H2,(H,36,42)(H2,23,27,28)(H3,24,29,30,35)/t6?,7-,8-,9-,10+,13?,18-,41?/m1/s1. The summed E-state index contributed by atoms with van der Waals surface area (Å²) in [5, 5.41) is 20.2. The lowest BCUT2D eigenvalue weighted by molar-refractivity contribution is -0.0519. The van der Waals surface area contributed by atoms with E-state index in [1.165, 1.54) is 10.9 Å². The van der Waals surface area contributed by atoms with Gasteiger partial charge in [-0.3, -0.25) is 18.9 Å². The molecule has 22 heteroatoms. The average Bonchev–Trinajstić information content (AvgIpc) is 3.69. The summed E-state index contributed by atoms with van der Waals surface area (Å²) in [5.41, 5.74) is 11.2. The Kier molecular flexibility index (Phi) is 7.63. The summed E-state index contributed by atoms with van der Waals surface area (Å²) in [6.45, 7) is -5.09. The van der Waals surface area contributed by atoms with Gasteiger partial charge in [0.05, 0.1) is 32.0 Å². The molecule has 0 radical (unpaired) electrons. The van der Waals surface area contributed by atoms with Gasteiger partial charge in [-0.05, 0) is 23.4 Å². The molecule has 4 aromatic heterocycles. The number of fused-ring (bicyclic) bond motifs is 2. The van der Waals surface area contributed by atoms with Crippen molar-refractivity contribution in [1.29, 1.82) is 0 Å². The zero-order valence-electron chi connectivity index (χ0n) is 21.1. The highest BCUT2D eigenvalue weighted by Crippen LogP contribution is 2.49. The van der Waals surface area contributed by atoms with E-state index in [1.54, 1.807) is 0 Å². The fourth-order valence-electron chi connectivity index (χ4n) is 4.83. The quantitative estimate of drug-likeness (QED) is 0.102. The van der Waals surface area contributed by atoms with Crippen LogP contribution in [0.15, 0.2) is 17.4 Å². The Bertz CT molecular complexity index is 1760. The molecular formula is C20H23ClFN10O8PS. The van der Waals surface area contributed by atoms with E-state index in [0.29, 0.717) is 0 Å². The van der Waals surface area contributed by atoms with Gasteiger partial charge in [0, 0.05) is 6.42 Å². The van der Waals surface area contributed by atoms with Gasteiger partial charge in [0.2, 0.25) is 11.2 Å². The van der Waals surface area contributed by atoms with E-state index in [0.717, 1.165) is 10.9 Å². The molecule has 0 bridgehead atoms. The first-order chi connectivity index (χ1) is 20.0. The third kappa shape index (κ3) is 5.23. The number of halogens is 2. The Balaban J connectivity index is 1.13. The van der Waals surface area contributed by atoms with Crippen LogP contribution in [0.1, 0.15) is 18.9 Å². The third-order valence-corrected chi connectivity index (χ3v) is 8.54. The van der Waals surface area contributed by atoms with Crippen molar-refractivity contribution in [1.82, 2.24) is 39.0 Å². The fourth-order valence-corrected chi connectivity index (χ4v) is 6.48. The SMILES string of the molecule is Nc1nc2c(ncn2[C@@H]2O[C@H](COP(O)(=S)OC3C[C@H](n4cnc5c(N)nc(Cl)nc54)O[C@@H]3CO)C(O)[C@@H]2F)c(=O)[nH]1. The van der Waals surface area contributed by atoms with Crippen LogP contribution < -0.4 is 17.0 Å². The molecule has 8 N–H and O–H groups in total. The Morgan fingerprint density at radius 3 is 2.64 bits per heavy atom. The number of H-pyrrole nitrogens is 1. The van der Waals surface area contributed by atoms with Crippen molar-refractivity contribution in [2.75, 3.05) is 24.7 Å². The number of nitrogens with zero attached hydrogens (tertiary/aromatic N) is 7. The van der Waals surface area contributed by atoms with Crippen molar-refractivity contribution in [2.24, 2.45) is 0 Å². The van der Waals surface area contributed by atoms with E-state index in [9.17, 15) is 19.9 Å². The summed E-state index contributed by atoms with van der Waals surface area (Å²) in [6.07, 6.45) is -6.44. The number of aromatic amines is 1. The maximum Gasteiger partial charge on any atom is 0.324 e. The van der Waals surface area contributed by atoms with Crippen molar-refractivity contribution in [2.45, 2.75) is 49.5 Å².